The van der Waals surface area contributed by atoms with Gasteiger partial charge >= 0.3 is 6.03 Å². The highest BCUT2D eigenvalue weighted by atomic mass is 16.5. The van der Waals surface area contributed by atoms with Crippen LogP contribution in [0.2, 0.25) is 0 Å². The maximum Gasteiger partial charge on any atom is 0.325 e. The van der Waals surface area contributed by atoms with E-state index in [0.29, 0.717) is 5.92 Å². The Labute approximate surface area is 135 Å². The standard InChI is InChI=1S/C18H21N3O2/c1-23-17-5-3-2-4-15(17)13-7-9-21(11-13)18(22)19-16-12-20-8-6-14(16)10-20/h2-5,7,9,11,14,16H,6,8,10,12H2,1H3,(H,19,22)/t14-,16?/m0/s1. The van der Waals surface area contributed by atoms with Gasteiger partial charge in [-0.05, 0) is 31.0 Å². The van der Waals surface area contributed by atoms with Crippen LogP contribution in [0.25, 0.3) is 11.1 Å². The summed E-state index contributed by atoms with van der Waals surface area (Å²) in [5.41, 5.74) is 1.97. The molecule has 23 heavy (non-hydrogen) atoms. The van der Waals surface area contributed by atoms with Crippen molar-refractivity contribution in [1.29, 1.82) is 0 Å². The molecule has 2 aliphatic rings. The van der Waals surface area contributed by atoms with Gasteiger partial charge in [0.05, 0.1) is 7.11 Å². The maximum absolute atomic E-state index is 12.5. The molecular formula is C18H21N3O2. The lowest BCUT2D eigenvalue weighted by Gasteiger charge is -2.23. The van der Waals surface area contributed by atoms with Gasteiger partial charge in [0, 0.05) is 42.7 Å². The molecule has 1 N–H and O–H groups in total. The number of carbonyl (C=O) groups excluding carboxylic acids is 1. The summed E-state index contributed by atoms with van der Waals surface area (Å²) in [5.74, 6) is 1.43. The van der Waals surface area contributed by atoms with Crippen LogP contribution in [-0.2, 0) is 0 Å². The van der Waals surface area contributed by atoms with Crippen molar-refractivity contribution < 1.29 is 9.53 Å². The average molecular weight is 311 g/mol. The van der Waals surface area contributed by atoms with Gasteiger partial charge in [0.1, 0.15) is 5.75 Å². The number of carbonyl (C=O) groups is 1. The van der Waals surface area contributed by atoms with Gasteiger partial charge in [-0.1, -0.05) is 18.2 Å². The molecule has 2 aliphatic heterocycles. The number of para-hydroxylation sites is 1. The minimum atomic E-state index is -0.0510. The Bertz CT molecular complexity index is 725. The Morgan fingerprint density at radius 2 is 2.13 bits per heavy atom. The van der Waals surface area contributed by atoms with Crippen LogP contribution in [0.3, 0.4) is 0 Å². The molecule has 4 rings (SSSR count). The molecule has 0 radical (unpaired) electrons. The fraction of sp³-hybridized carbons (Fsp3) is 0.389. The molecule has 5 heteroatoms. The van der Waals surface area contributed by atoms with Crippen molar-refractivity contribution in [3.05, 3.63) is 42.7 Å². The van der Waals surface area contributed by atoms with Gasteiger partial charge in [-0.25, -0.2) is 4.79 Å². The topological polar surface area (TPSA) is 46.5 Å². The van der Waals surface area contributed by atoms with E-state index in [4.69, 9.17) is 4.74 Å². The van der Waals surface area contributed by atoms with Crippen LogP contribution in [0.1, 0.15) is 6.42 Å². The van der Waals surface area contributed by atoms with E-state index in [-0.39, 0.29) is 12.1 Å². The third kappa shape index (κ3) is 2.61. The molecule has 2 saturated heterocycles. The zero-order valence-electron chi connectivity index (χ0n) is 13.2. The number of hydrogen-bond acceptors (Lipinski definition) is 3. The van der Waals surface area contributed by atoms with E-state index in [1.54, 1.807) is 11.7 Å². The first-order valence-corrected chi connectivity index (χ1v) is 8.09. The lowest BCUT2D eigenvalue weighted by atomic mass is 10.0. The van der Waals surface area contributed by atoms with Crippen LogP contribution < -0.4 is 10.1 Å². The number of nitrogens with zero attached hydrogens (tertiary/aromatic N) is 2. The first kappa shape index (κ1) is 14.3. The highest BCUT2D eigenvalue weighted by Crippen LogP contribution is 2.30. The number of hydrogen-bond donors (Lipinski definition) is 1. The van der Waals surface area contributed by atoms with Crippen LogP contribution in [0.15, 0.2) is 42.7 Å². The van der Waals surface area contributed by atoms with Gasteiger partial charge in [-0.3, -0.25) is 4.57 Å². The summed E-state index contributed by atoms with van der Waals surface area (Å²) in [6, 6.07) is 10.0. The maximum atomic E-state index is 12.5. The Kier molecular flexibility index (Phi) is 3.58. The van der Waals surface area contributed by atoms with E-state index >= 15 is 0 Å². The van der Waals surface area contributed by atoms with E-state index < -0.39 is 0 Å². The van der Waals surface area contributed by atoms with Gasteiger partial charge in [-0.15, -0.1) is 0 Å². The van der Waals surface area contributed by atoms with Crippen LogP contribution in [0.4, 0.5) is 4.79 Å². The number of rotatable bonds is 3. The fourth-order valence-corrected chi connectivity index (χ4v) is 3.75. The van der Waals surface area contributed by atoms with Crippen molar-refractivity contribution >= 4 is 6.03 Å². The molecule has 0 aliphatic carbocycles. The SMILES string of the molecule is COc1ccccc1-c1ccn(C(=O)NC2CN3CC[C@H]2C3)c1. The Balaban J connectivity index is 1.50. The molecule has 2 unspecified atom stereocenters. The van der Waals surface area contributed by atoms with Crippen LogP contribution in [-0.4, -0.2) is 48.3 Å². The zero-order valence-corrected chi connectivity index (χ0v) is 13.2. The Morgan fingerprint density at radius 3 is 2.87 bits per heavy atom. The summed E-state index contributed by atoms with van der Waals surface area (Å²) >= 11 is 0. The lowest BCUT2D eigenvalue weighted by molar-refractivity contribution is 0.231. The molecular weight excluding hydrogens is 290 g/mol. The number of amides is 1. The molecule has 2 fully saturated rings. The van der Waals surface area contributed by atoms with E-state index in [9.17, 15) is 4.79 Å². The van der Waals surface area contributed by atoms with Crippen LogP contribution in [0, 0.1) is 5.92 Å². The number of nitrogens with one attached hydrogen (secondary N) is 1. The molecule has 2 bridgehead atoms. The van der Waals surface area contributed by atoms with Crippen molar-refractivity contribution in [1.82, 2.24) is 14.8 Å². The van der Waals surface area contributed by atoms with Gasteiger partial charge < -0.3 is 15.0 Å². The molecule has 5 nitrogen and oxygen atoms in total. The minimum absolute atomic E-state index is 0.0510. The molecule has 2 aromatic rings. The van der Waals surface area contributed by atoms with Crippen LogP contribution in [0.5, 0.6) is 5.75 Å². The molecule has 1 aromatic carbocycles. The predicted molar refractivity (Wildman–Crippen MR) is 88.7 cm³/mol. The first-order chi connectivity index (χ1) is 11.2. The number of fused-ring (bicyclic) bond motifs is 2. The normalized spacial score (nSPS) is 25.5. The highest BCUT2D eigenvalue weighted by Gasteiger charge is 2.38. The van der Waals surface area contributed by atoms with Crippen molar-refractivity contribution in [2.45, 2.75) is 12.5 Å². The highest BCUT2D eigenvalue weighted by molar-refractivity contribution is 5.80. The third-order valence-electron chi connectivity index (χ3n) is 4.99. The minimum Gasteiger partial charge on any atom is -0.496 e. The van der Waals surface area contributed by atoms with Crippen molar-refractivity contribution in [2.75, 3.05) is 26.7 Å². The largest absolute Gasteiger partial charge is 0.496 e. The number of piperidine rings is 1. The number of benzene rings is 1. The Hall–Kier alpha value is -2.27. The molecule has 1 amide bonds. The number of methoxy groups -OCH3 is 1. The van der Waals surface area contributed by atoms with E-state index in [1.807, 2.05) is 42.7 Å². The fourth-order valence-electron chi connectivity index (χ4n) is 3.75. The van der Waals surface area contributed by atoms with Crippen molar-refractivity contribution in [2.24, 2.45) is 5.92 Å². The van der Waals surface area contributed by atoms with E-state index in [1.165, 1.54) is 13.0 Å². The summed E-state index contributed by atoms with van der Waals surface area (Å²) in [6.07, 6.45) is 4.87. The summed E-state index contributed by atoms with van der Waals surface area (Å²) in [6.45, 7) is 3.29. The van der Waals surface area contributed by atoms with E-state index in [2.05, 4.69) is 10.2 Å². The molecule has 0 spiro atoms. The first-order valence-electron chi connectivity index (χ1n) is 8.09. The van der Waals surface area contributed by atoms with E-state index in [0.717, 1.165) is 30.0 Å². The monoisotopic (exact) mass is 311 g/mol. The number of aromatic nitrogens is 1. The van der Waals surface area contributed by atoms with Crippen LogP contribution >= 0.6 is 0 Å². The quantitative estimate of drug-likeness (QED) is 0.947. The second-order valence-corrected chi connectivity index (χ2v) is 6.37. The molecule has 3 atom stereocenters. The molecule has 0 saturated carbocycles. The van der Waals surface area contributed by atoms with Crippen molar-refractivity contribution in [3.63, 3.8) is 0 Å². The second-order valence-electron chi connectivity index (χ2n) is 6.37. The van der Waals surface area contributed by atoms with Crippen molar-refractivity contribution in [3.8, 4) is 16.9 Å². The predicted octanol–water partition coefficient (Wildman–Crippen LogP) is 2.43. The van der Waals surface area contributed by atoms with Gasteiger partial charge in [-0.2, -0.15) is 0 Å². The molecule has 1 aromatic heterocycles. The van der Waals surface area contributed by atoms with Gasteiger partial charge in [0.2, 0.25) is 0 Å². The summed E-state index contributed by atoms with van der Waals surface area (Å²) < 4.78 is 7.02. The lowest BCUT2D eigenvalue weighted by Crippen LogP contribution is -2.44. The van der Waals surface area contributed by atoms with Gasteiger partial charge in [0.25, 0.3) is 0 Å². The smallest absolute Gasteiger partial charge is 0.325 e. The third-order valence-corrected chi connectivity index (χ3v) is 4.99. The average Bonchev–Trinajstić information content (AvgIpc) is 3.31. The van der Waals surface area contributed by atoms with Gasteiger partial charge in [0.15, 0.2) is 0 Å². The summed E-state index contributed by atoms with van der Waals surface area (Å²) in [5, 5.41) is 3.17. The number of ether oxygens (including phenoxy) is 1. The molecule has 120 valence electrons. The zero-order chi connectivity index (χ0) is 15.8. The second kappa shape index (κ2) is 5.74. The Morgan fingerprint density at radius 1 is 1.26 bits per heavy atom. The summed E-state index contributed by atoms with van der Waals surface area (Å²) in [7, 11) is 1.66. The molecule has 3 heterocycles. The summed E-state index contributed by atoms with van der Waals surface area (Å²) in [4.78, 5) is 14.9.